The molecule has 9 heteroatoms. The Morgan fingerprint density at radius 3 is 2.27 bits per heavy atom. The molecule has 1 aliphatic rings. The van der Waals surface area contributed by atoms with Crippen LogP contribution in [0.4, 0.5) is 10.5 Å². The molecule has 0 spiro atoms. The molecule has 30 heavy (non-hydrogen) atoms. The molecule has 0 aliphatic carbocycles. The van der Waals surface area contributed by atoms with Crippen molar-refractivity contribution in [3.63, 3.8) is 0 Å². The number of rotatable bonds is 8. The largest absolute Gasteiger partial charge is 0.497 e. The molecule has 2 aromatic rings. The van der Waals surface area contributed by atoms with Crippen LogP contribution in [0.5, 0.6) is 5.75 Å². The Balaban J connectivity index is 1.40. The first-order chi connectivity index (χ1) is 14.5. The van der Waals surface area contributed by atoms with Gasteiger partial charge in [-0.25, -0.2) is 13.2 Å². The summed E-state index contributed by atoms with van der Waals surface area (Å²) >= 11 is 0. The number of amides is 2. The summed E-state index contributed by atoms with van der Waals surface area (Å²) in [5, 5.41) is 5.34. The maximum Gasteiger partial charge on any atom is 0.315 e. The van der Waals surface area contributed by atoms with Gasteiger partial charge in [0.1, 0.15) is 5.75 Å². The molecule has 0 radical (unpaired) electrons. The number of hydrogen-bond acceptors (Lipinski definition) is 5. The number of nitrogens with zero attached hydrogens (tertiary/aromatic N) is 2. The van der Waals surface area contributed by atoms with Crippen LogP contribution in [-0.2, 0) is 16.6 Å². The van der Waals surface area contributed by atoms with Gasteiger partial charge in [-0.15, -0.1) is 0 Å². The van der Waals surface area contributed by atoms with E-state index in [1.54, 1.807) is 7.11 Å². The molecule has 0 unspecified atom stereocenters. The summed E-state index contributed by atoms with van der Waals surface area (Å²) in [6.45, 7) is 2.56. The summed E-state index contributed by atoms with van der Waals surface area (Å²) in [6.07, 6.45) is 0. The molecule has 162 valence electrons. The Hall–Kier alpha value is -2.78. The Labute approximate surface area is 177 Å². The summed E-state index contributed by atoms with van der Waals surface area (Å²) in [5.41, 5.74) is 2.03. The van der Waals surface area contributed by atoms with E-state index in [0.29, 0.717) is 32.7 Å². The van der Waals surface area contributed by atoms with Crippen molar-refractivity contribution in [3.8, 4) is 5.75 Å². The Morgan fingerprint density at radius 2 is 1.63 bits per heavy atom. The van der Waals surface area contributed by atoms with Gasteiger partial charge < -0.3 is 20.3 Å². The number of urea groups is 1. The lowest BCUT2D eigenvalue weighted by Gasteiger charge is -2.35. The highest BCUT2D eigenvalue weighted by atomic mass is 32.2. The first kappa shape index (κ1) is 21.9. The third-order valence-electron chi connectivity index (χ3n) is 5.01. The highest BCUT2D eigenvalue weighted by molar-refractivity contribution is 7.89. The van der Waals surface area contributed by atoms with E-state index >= 15 is 0 Å². The third-order valence-corrected chi connectivity index (χ3v) is 6.88. The molecular weight excluding hydrogens is 404 g/mol. The zero-order valence-electron chi connectivity index (χ0n) is 17.1. The average molecular weight is 433 g/mol. The molecular formula is C21H28N4O4S. The summed E-state index contributed by atoms with van der Waals surface area (Å²) in [6, 6.07) is 16.9. The van der Waals surface area contributed by atoms with Crippen LogP contribution in [-0.4, -0.2) is 64.3 Å². The van der Waals surface area contributed by atoms with Gasteiger partial charge in [0.2, 0.25) is 10.0 Å². The SMILES string of the molecule is COc1ccc(N2CCN(S(=O)(=O)CCNC(=O)NCc3ccccc3)CC2)cc1. The molecule has 2 amide bonds. The first-order valence-corrected chi connectivity index (χ1v) is 11.5. The van der Waals surface area contributed by atoms with E-state index < -0.39 is 10.0 Å². The molecule has 0 atom stereocenters. The van der Waals surface area contributed by atoms with Crippen molar-refractivity contribution in [2.24, 2.45) is 0 Å². The van der Waals surface area contributed by atoms with Gasteiger partial charge >= 0.3 is 6.03 Å². The van der Waals surface area contributed by atoms with E-state index in [0.717, 1.165) is 17.0 Å². The van der Waals surface area contributed by atoms with Gasteiger partial charge in [-0.3, -0.25) is 0 Å². The molecule has 1 fully saturated rings. The van der Waals surface area contributed by atoms with Gasteiger partial charge in [-0.1, -0.05) is 30.3 Å². The molecule has 8 nitrogen and oxygen atoms in total. The smallest absolute Gasteiger partial charge is 0.315 e. The Bertz CT molecular complexity index is 912. The lowest BCUT2D eigenvalue weighted by Crippen LogP contribution is -2.50. The fourth-order valence-corrected chi connectivity index (χ4v) is 4.62. The topological polar surface area (TPSA) is 91.0 Å². The van der Waals surface area contributed by atoms with Crippen LogP contribution in [0.25, 0.3) is 0 Å². The van der Waals surface area contributed by atoms with Gasteiger partial charge in [-0.05, 0) is 29.8 Å². The van der Waals surface area contributed by atoms with E-state index in [4.69, 9.17) is 4.74 Å². The molecule has 1 heterocycles. The Kier molecular flexibility index (Phi) is 7.53. The number of ether oxygens (including phenoxy) is 1. The molecule has 2 aromatic carbocycles. The fourth-order valence-electron chi connectivity index (χ4n) is 3.28. The van der Waals surface area contributed by atoms with Gasteiger partial charge in [-0.2, -0.15) is 4.31 Å². The summed E-state index contributed by atoms with van der Waals surface area (Å²) in [5.74, 6) is 0.675. The molecule has 3 rings (SSSR count). The van der Waals surface area contributed by atoms with Crippen LogP contribution in [0, 0.1) is 0 Å². The van der Waals surface area contributed by atoms with Crippen LogP contribution in [0.15, 0.2) is 54.6 Å². The van der Waals surface area contributed by atoms with Crippen LogP contribution < -0.4 is 20.3 Å². The maximum atomic E-state index is 12.6. The lowest BCUT2D eigenvalue weighted by atomic mass is 10.2. The van der Waals surface area contributed by atoms with Gasteiger partial charge in [0, 0.05) is 45.0 Å². The second-order valence-electron chi connectivity index (χ2n) is 7.00. The number of carbonyl (C=O) groups excluding carboxylic acids is 1. The molecule has 0 bridgehead atoms. The van der Waals surface area contributed by atoms with E-state index in [9.17, 15) is 13.2 Å². The molecule has 1 saturated heterocycles. The predicted octanol–water partition coefficient (Wildman–Crippen LogP) is 1.65. The quantitative estimate of drug-likeness (QED) is 0.662. The number of piperazine rings is 1. The van der Waals surface area contributed by atoms with E-state index in [-0.39, 0.29) is 18.3 Å². The number of anilines is 1. The number of sulfonamides is 1. The second-order valence-corrected chi connectivity index (χ2v) is 9.08. The normalized spacial score (nSPS) is 14.9. The van der Waals surface area contributed by atoms with Crippen molar-refractivity contribution >= 4 is 21.7 Å². The first-order valence-electron chi connectivity index (χ1n) is 9.90. The van der Waals surface area contributed by atoms with Crippen molar-refractivity contribution in [3.05, 3.63) is 60.2 Å². The summed E-state index contributed by atoms with van der Waals surface area (Å²) in [7, 11) is -1.79. The summed E-state index contributed by atoms with van der Waals surface area (Å²) < 4.78 is 31.9. The van der Waals surface area contributed by atoms with Crippen molar-refractivity contribution in [2.75, 3.05) is 50.5 Å². The molecule has 1 aliphatic heterocycles. The number of nitrogens with one attached hydrogen (secondary N) is 2. The number of benzene rings is 2. The predicted molar refractivity (Wildman–Crippen MR) is 117 cm³/mol. The van der Waals surface area contributed by atoms with Crippen molar-refractivity contribution in [2.45, 2.75) is 6.54 Å². The molecule has 0 saturated carbocycles. The third kappa shape index (κ3) is 6.11. The summed E-state index contributed by atoms with van der Waals surface area (Å²) in [4.78, 5) is 14.0. The van der Waals surface area contributed by atoms with Crippen LogP contribution >= 0.6 is 0 Å². The van der Waals surface area contributed by atoms with Crippen LogP contribution in [0.3, 0.4) is 0 Å². The van der Waals surface area contributed by atoms with Crippen LogP contribution in [0.2, 0.25) is 0 Å². The lowest BCUT2D eigenvalue weighted by molar-refractivity contribution is 0.241. The minimum absolute atomic E-state index is 0.0711. The number of carbonyl (C=O) groups is 1. The van der Waals surface area contributed by atoms with Gasteiger partial charge in [0.05, 0.1) is 12.9 Å². The van der Waals surface area contributed by atoms with Crippen molar-refractivity contribution < 1.29 is 17.9 Å². The van der Waals surface area contributed by atoms with Gasteiger partial charge in [0.15, 0.2) is 0 Å². The molecule has 0 aromatic heterocycles. The minimum atomic E-state index is -3.42. The van der Waals surface area contributed by atoms with E-state index in [1.165, 1.54) is 4.31 Å². The standard InChI is InChI=1S/C21H28N4O4S/c1-29-20-9-7-19(8-10-20)24-12-14-25(15-13-24)30(27,28)16-11-22-21(26)23-17-18-5-3-2-4-6-18/h2-10H,11-17H2,1H3,(H2,22,23,26). The Morgan fingerprint density at radius 1 is 0.967 bits per heavy atom. The number of methoxy groups -OCH3 is 1. The van der Waals surface area contributed by atoms with Crippen LogP contribution in [0.1, 0.15) is 5.56 Å². The van der Waals surface area contributed by atoms with E-state index in [1.807, 2.05) is 54.6 Å². The van der Waals surface area contributed by atoms with Crippen molar-refractivity contribution in [1.29, 1.82) is 0 Å². The maximum absolute atomic E-state index is 12.6. The zero-order chi connectivity index (χ0) is 21.4. The monoisotopic (exact) mass is 432 g/mol. The van der Waals surface area contributed by atoms with E-state index in [2.05, 4.69) is 15.5 Å². The van der Waals surface area contributed by atoms with Crippen molar-refractivity contribution in [1.82, 2.24) is 14.9 Å². The minimum Gasteiger partial charge on any atom is -0.497 e. The fraction of sp³-hybridized carbons (Fsp3) is 0.381. The molecule has 2 N–H and O–H groups in total. The van der Waals surface area contributed by atoms with Gasteiger partial charge in [0.25, 0.3) is 0 Å². The highest BCUT2D eigenvalue weighted by Gasteiger charge is 2.26. The highest BCUT2D eigenvalue weighted by Crippen LogP contribution is 2.21. The number of hydrogen-bond donors (Lipinski definition) is 2. The average Bonchev–Trinajstić information content (AvgIpc) is 2.78. The zero-order valence-corrected chi connectivity index (χ0v) is 17.9. The second kappa shape index (κ2) is 10.3.